The van der Waals surface area contributed by atoms with Gasteiger partial charge in [-0.1, -0.05) is 71.7 Å². The van der Waals surface area contributed by atoms with Crippen molar-refractivity contribution in [2.75, 3.05) is 18.0 Å². The molecule has 1 N–H and O–H groups in total. The number of fused-ring (bicyclic) bond motifs is 1. The highest BCUT2D eigenvalue weighted by molar-refractivity contribution is 6.43. The van der Waals surface area contributed by atoms with Crippen molar-refractivity contribution in [1.29, 1.82) is 0 Å². The van der Waals surface area contributed by atoms with Crippen molar-refractivity contribution in [3.05, 3.63) is 94.6 Å². The van der Waals surface area contributed by atoms with E-state index in [2.05, 4.69) is 51.6 Å². The predicted molar refractivity (Wildman–Crippen MR) is 136 cm³/mol. The quantitative estimate of drug-likeness (QED) is 0.361. The summed E-state index contributed by atoms with van der Waals surface area (Å²) in [4.78, 5) is 19.7. The SMILES string of the molecule is O=C(NC1CCN(c2ccnc3cc(-c4ccccc4)ccc23)CC1)c1cccc(Cl)c1Cl. The zero-order valence-electron chi connectivity index (χ0n) is 18.0. The number of rotatable bonds is 4. The molecule has 6 heteroatoms. The Morgan fingerprint density at radius 1 is 0.909 bits per heavy atom. The second kappa shape index (κ2) is 9.42. The summed E-state index contributed by atoms with van der Waals surface area (Å²) in [6.45, 7) is 1.71. The summed E-state index contributed by atoms with van der Waals surface area (Å²) in [5, 5.41) is 4.95. The number of hydrogen-bond donors (Lipinski definition) is 1. The molecule has 1 amide bonds. The summed E-state index contributed by atoms with van der Waals surface area (Å²) in [6, 6.07) is 24.1. The predicted octanol–water partition coefficient (Wildman–Crippen LogP) is 6.61. The highest BCUT2D eigenvalue weighted by Crippen LogP contribution is 2.31. The summed E-state index contributed by atoms with van der Waals surface area (Å²) in [6.07, 6.45) is 3.59. The second-order valence-corrected chi connectivity index (χ2v) is 9.05. The van der Waals surface area contributed by atoms with Gasteiger partial charge in [0.05, 0.1) is 21.1 Å². The van der Waals surface area contributed by atoms with Gasteiger partial charge in [0.1, 0.15) is 0 Å². The van der Waals surface area contributed by atoms with Crippen LogP contribution in [0.5, 0.6) is 0 Å². The van der Waals surface area contributed by atoms with E-state index in [1.54, 1.807) is 18.2 Å². The first-order chi connectivity index (χ1) is 16.1. The van der Waals surface area contributed by atoms with E-state index in [0.717, 1.165) is 42.4 Å². The van der Waals surface area contributed by atoms with E-state index >= 15 is 0 Å². The van der Waals surface area contributed by atoms with Crippen molar-refractivity contribution in [3.63, 3.8) is 0 Å². The first kappa shape index (κ1) is 21.7. The van der Waals surface area contributed by atoms with Crippen molar-refractivity contribution in [1.82, 2.24) is 10.3 Å². The van der Waals surface area contributed by atoms with Crippen molar-refractivity contribution >= 4 is 45.7 Å². The molecule has 0 radical (unpaired) electrons. The number of benzene rings is 3. The van der Waals surface area contributed by atoms with E-state index in [-0.39, 0.29) is 11.9 Å². The fourth-order valence-corrected chi connectivity index (χ4v) is 4.81. The first-order valence-electron chi connectivity index (χ1n) is 11.0. The molecule has 1 aromatic heterocycles. The number of halogens is 2. The van der Waals surface area contributed by atoms with Crippen LogP contribution in [0.25, 0.3) is 22.0 Å². The van der Waals surface area contributed by atoms with E-state index in [9.17, 15) is 4.79 Å². The maximum Gasteiger partial charge on any atom is 0.253 e. The Balaban J connectivity index is 1.29. The number of pyridine rings is 1. The lowest BCUT2D eigenvalue weighted by atomic mass is 10.0. The van der Waals surface area contributed by atoms with Gasteiger partial charge in [0.25, 0.3) is 5.91 Å². The summed E-state index contributed by atoms with van der Waals surface area (Å²) < 4.78 is 0. The van der Waals surface area contributed by atoms with Crippen molar-refractivity contribution in [2.24, 2.45) is 0 Å². The van der Waals surface area contributed by atoms with Crippen LogP contribution in [0.1, 0.15) is 23.2 Å². The third-order valence-corrected chi connectivity index (χ3v) is 7.01. The van der Waals surface area contributed by atoms with Gasteiger partial charge >= 0.3 is 0 Å². The Kier molecular flexibility index (Phi) is 6.21. The van der Waals surface area contributed by atoms with E-state index in [1.165, 1.54) is 11.3 Å². The Hall–Kier alpha value is -3.08. The highest BCUT2D eigenvalue weighted by Gasteiger charge is 2.23. The molecule has 0 unspecified atom stereocenters. The molecule has 33 heavy (non-hydrogen) atoms. The molecule has 1 aliphatic rings. The fraction of sp³-hybridized carbons (Fsp3) is 0.185. The number of piperidine rings is 1. The Labute approximate surface area is 203 Å². The topological polar surface area (TPSA) is 45.2 Å². The van der Waals surface area contributed by atoms with E-state index in [1.807, 2.05) is 24.4 Å². The minimum atomic E-state index is -0.177. The van der Waals surface area contributed by atoms with Crippen molar-refractivity contribution in [2.45, 2.75) is 18.9 Å². The van der Waals surface area contributed by atoms with E-state index in [0.29, 0.717) is 15.6 Å². The molecule has 4 aromatic rings. The molecule has 166 valence electrons. The molecule has 1 fully saturated rings. The molecule has 2 heterocycles. The van der Waals surface area contributed by atoms with Gasteiger partial charge in [-0.15, -0.1) is 0 Å². The average Bonchev–Trinajstić information content (AvgIpc) is 2.86. The largest absolute Gasteiger partial charge is 0.371 e. The van der Waals surface area contributed by atoms with Gasteiger partial charge in [-0.2, -0.15) is 0 Å². The Morgan fingerprint density at radius 3 is 2.48 bits per heavy atom. The molecule has 1 aliphatic heterocycles. The van der Waals surface area contributed by atoms with Gasteiger partial charge in [0, 0.05) is 36.4 Å². The molecule has 5 rings (SSSR count). The Bertz CT molecular complexity index is 1300. The number of amides is 1. The number of hydrogen-bond acceptors (Lipinski definition) is 3. The van der Waals surface area contributed by atoms with Gasteiger partial charge in [-0.25, -0.2) is 0 Å². The maximum absolute atomic E-state index is 12.7. The summed E-state index contributed by atoms with van der Waals surface area (Å²) in [5.74, 6) is -0.177. The van der Waals surface area contributed by atoms with Gasteiger partial charge in [-0.05, 0) is 48.2 Å². The van der Waals surface area contributed by atoms with Crippen LogP contribution in [-0.4, -0.2) is 30.0 Å². The van der Waals surface area contributed by atoms with Crippen LogP contribution in [0.4, 0.5) is 5.69 Å². The van der Waals surface area contributed by atoms with E-state index < -0.39 is 0 Å². The maximum atomic E-state index is 12.7. The number of carbonyl (C=O) groups excluding carboxylic acids is 1. The smallest absolute Gasteiger partial charge is 0.253 e. The van der Waals surface area contributed by atoms with Gasteiger partial charge < -0.3 is 10.2 Å². The number of carbonyl (C=O) groups is 1. The third-order valence-electron chi connectivity index (χ3n) is 6.19. The van der Waals surface area contributed by atoms with Crippen LogP contribution >= 0.6 is 23.2 Å². The van der Waals surface area contributed by atoms with Crippen LogP contribution in [-0.2, 0) is 0 Å². The zero-order valence-corrected chi connectivity index (χ0v) is 19.5. The number of aromatic nitrogens is 1. The highest BCUT2D eigenvalue weighted by atomic mass is 35.5. The van der Waals surface area contributed by atoms with Gasteiger partial charge in [-0.3, -0.25) is 9.78 Å². The molecule has 0 aliphatic carbocycles. The zero-order chi connectivity index (χ0) is 22.8. The molecule has 1 saturated heterocycles. The summed E-state index contributed by atoms with van der Waals surface area (Å²) in [5.41, 5.74) is 4.93. The molecular weight excluding hydrogens is 453 g/mol. The number of nitrogens with one attached hydrogen (secondary N) is 1. The lowest BCUT2D eigenvalue weighted by Gasteiger charge is -2.34. The number of anilines is 1. The van der Waals surface area contributed by atoms with Crippen LogP contribution in [0, 0.1) is 0 Å². The molecule has 3 aromatic carbocycles. The molecule has 0 atom stereocenters. The van der Waals surface area contributed by atoms with E-state index in [4.69, 9.17) is 23.2 Å². The molecule has 0 saturated carbocycles. The van der Waals surface area contributed by atoms with Crippen molar-refractivity contribution < 1.29 is 4.79 Å². The van der Waals surface area contributed by atoms with Gasteiger partial charge in [0.15, 0.2) is 0 Å². The molecular formula is C27H23Cl2N3O. The third kappa shape index (κ3) is 4.54. The van der Waals surface area contributed by atoms with Crippen molar-refractivity contribution in [3.8, 4) is 11.1 Å². The first-order valence-corrected chi connectivity index (χ1v) is 11.8. The lowest BCUT2D eigenvalue weighted by molar-refractivity contribution is 0.0931. The fourth-order valence-electron chi connectivity index (χ4n) is 4.43. The monoisotopic (exact) mass is 475 g/mol. The van der Waals surface area contributed by atoms with Crippen LogP contribution in [0.2, 0.25) is 10.0 Å². The summed E-state index contributed by atoms with van der Waals surface area (Å²) in [7, 11) is 0. The second-order valence-electron chi connectivity index (χ2n) is 8.26. The summed E-state index contributed by atoms with van der Waals surface area (Å²) >= 11 is 12.3. The Morgan fingerprint density at radius 2 is 1.70 bits per heavy atom. The number of nitrogens with zero attached hydrogens (tertiary/aromatic N) is 2. The minimum Gasteiger partial charge on any atom is -0.371 e. The normalized spacial score (nSPS) is 14.4. The van der Waals surface area contributed by atoms with Crippen LogP contribution < -0.4 is 10.2 Å². The lowest BCUT2D eigenvalue weighted by Crippen LogP contribution is -2.44. The standard InChI is InChI=1S/C27H23Cl2N3O/c28-23-8-4-7-22(26(23)29)27(33)31-20-12-15-32(16-13-20)25-11-14-30-24-17-19(9-10-21(24)25)18-5-2-1-3-6-18/h1-11,14,17,20H,12-13,15-16H2,(H,31,33). The molecule has 0 spiro atoms. The average molecular weight is 476 g/mol. The molecule has 0 bridgehead atoms. The van der Waals surface area contributed by atoms with Crippen LogP contribution in [0.3, 0.4) is 0 Å². The van der Waals surface area contributed by atoms with Gasteiger partial charge in [0.2, 0.25) is 0 Å². The van der Waals surface area contributed by atoms with Crippen LogP contribution in [0.15, 0.2) is 79.0 Å². The minimum absolute atomic E-state index is 0.0987. The molecule has 4 nitrogen and oxygen atoms in total.